The molecular formula is C5H12N2O. The first-order valence-electron chi connectivity index (χ1n) is 2.85. The lowest BCUT2D eigenvalue weighted by Gasteiger charge is -2.33. The van der Waals surface area contributed by atoms with Gasteiger partial charge in [0.05, 0.1) is 6.10 Å². The summed E-state index contributed by atoms with van der Waals surface area (Å²) in [5.41, 5.74) is 2.69. The van der Waals surface area contributed by atoms with Crippen molar-refractivity contribution in [3.8, 4) is 0 Å². The molecule has 0 aliphatic heterocycles. The van der Waals surface area contributed by atoms with Crippen LogP contribution in [-0.2, 0) is 4.74 Å². The van der Waals surface area contributed by atoms with Crippen LogP contribution >= 0.6 is 0 Å². The van der Waals surface area contributed by atoms with Gasteiger partial charge in [0.1, 0.15) is 0 Å². The molecule has 0 heterocycles. The van der Waals surface area contributed by atoms with Gasteiger partial charge in [-0.2, -0.15) is 0 Å². The smallest absolute Gasteiger partial charge is 0.0602 e. The molecule has 0 radical (unpaired) electrons. The highest BCUT2D eigenvalue weighted by atomic mass is 16.5. The van der Waals surface area contributed by atoms with E-state index in [4.69, 9.17) is 10.6 Å². The monoisotopic (exact) mass is 116 g/mol. The van der Waals surface area contributed by atoms with E-state index in [-0.39, 0.29) is 0 Å². The summed E-state index contributed by atoms with van der Waals surface area (Å²) in [5, 5.41) is 0. The Morgan fingerprint density at radius 1 is 1.62 bits per heavy atom. The molecule has 1 rings (SSSR count). The van der Waals surface area contributed by atoms with E-state index in [0.29, 0.717) is 12.1 Å². The number of methoxy groups -OCH3 is 1. The summed E-state index contributed by atoms with van der Waals surface area (Å²) >= 11 is 0. The number of nitrogens with one attached hydrogen (secondary N) is 1. The van der Waals surface area contributed by atoms with Crippen LogP contribution < -0.4 is 11.3 Å². The maximum atomic E-state index is 5.15. The lowest BCUT2D eigenvalue weighted by Crippen LogP contribution is -2.48. The molecule has 0 bridgehead atoms. The number of ether oxygens (including phenoxy) is 1. The summed E-state index contributed by atoms with van der Waals surface area (Å²) in [6.07, 6.45) is 2.58. The number of rotatable bonds is 2. The minimum absolute atomic E-state index is 0.455. The summed E-state index contributed by atoms with van der Waals surface area (Å²) in [6.45, 7) is 0. The molecule has 1 aliphatic rings. The van der Waals surface area contributed by atoms with E-state index < -0.39 is 0 Å². The third kappa shape index (κ3) is 0.992. The standard InChI is InChI=1S/C5H12N2O/c1-8-5-2-4(3-5)7-6/h4-5,7H,2-3,6H2,1H3. The zero-order valence-corrected chi connectivity index (χ0v) is 5.05. The van der Waals surface area contributed by atoms with Crippen molar-refractivity contribution in [3.05, 3.63) is 0 Å². The van der Waals surface area contributed by atoms with Crippen LogP contribution in [0.4, 0.5) is 0 Å². The SMILES string of the molecule is COC1CC(NN)C1. The van der Waals surface area contributed by atoms with Crippen molar-refractivity contribution >= 4 is 0 Å². The Morgan fingerprint density at radius 3 is 2.62 bits per heavy atom. The summed E-state index contributed by atoms with van der Waals surface area (Å²) in [7, 11) is 1.73. The van der Waals surface area contributed by atoms with Crippen molar-refractivity contribution in [1.82, 2.24) is 5.43 Å². The predicted molar refractivity (Wildman–Crippen MR) is 31.1 cm³/mol. The molecule has 1 saturated carbocycles. The third-order valence-corrected chi connectivity index (χ3v) is 1.66. The number of hydrazine groups is 1. The molecule has 48 valence electrons. The topological polar surface area (TPSA) is 47.3 Å². The summed E-state index contributed by atoms with van der Waals surface area (Å²) in [5.74, 6) is 5.15. The lowest BCUT2D eigenvalue weighted by atomic mass is 9.90. The van der Waals surface area contributed by atoms with Crippen molar-refractivity contribution in [1.29, 1.82) is 0 Å². The first-order valence-corrected chi connectivity index (χ1v) is 2.85. The molecule has 1 fully saturated rings. The Morgan fingerprint density at radius 2 is 2.25 bits per heavy atom. The summed E-state index contributed by atoms with van der Waals surface area (Å²) in [4.78, 5) is 0. The van der Waals surface area contributed by atoms with E-state index in [0.717, 1.165) is 12.8 Å². The first kappa shape index (κ1) is 6.01. The molecule has 8 heavy (non-hydrogen) atoms. The third-order valence-electron chi connectivity index (χ3n) is 1.66. The lowest BCUT2D eigenvalue weighted by molar-refractivity contribution is 0.0175. The van der Waals surface area contributed by atoms with Crippen LogP contribution in [0, 0.1) is 0 Å². The molecule has 0 aromatic carbocycles. The van der Waals surface area contributed by atoms with Gasteiger partial charge in [-0.15, -0.1) is 0 Å². The Kier molecular flexibility index (Phi) is 1.83. The van der Waals surface area contributed by atoms with Gasteiger partial charge in [0.25, 0.3) is 0 Å². The van der Waals surface area contributed by atoms with E-state index in [9.17, 15) is 0 Å². The molecule has 0 unspecified atom stereocenters. The summed E-state index contributed by atoms with van der Waals surface area (Å²) in [6, 6.07) is 0.500. The van der Waals surface area contributed by atoms with Crippen LogP contribution in [0.2, 0.25) is 0 Å². The molecule has 0 amide bonds. The van der Waals surface area contributed by atoms with Gasteiger partial charge in [-0.25, -0.2) is 0 Å². The van der Waals surface area contributed by atoms with Crippen LogP contribution in [0.15, 0.2) is 0 Å². The molecular weight excluding hydrogens is 104 g/mol. The minimum Gasteiger partial charge on any atom is -0.381 e. The molecule has 3 heteroatoms. The average molecular weight is 116 g/mol. The Balaban J connectivity index is 2.03. The second-order valence-corrected chi connectivity index (χ2v) is 2.19. The zero-order chi connectivity index (χ0) is 5.98. The van der Waals surface area contributed by atoms with Gasteiger partial charge in [0.2, 0.25) is 0 Å². The van der Waals surface area contributed by atoms with Crippen LogP contribution in [0.1, 0.15) is 12.8 Å². The van der Waals surface area contributed by atoms with Gasteiger partial charge in [-0.1, -0.05) is 0 Å². The van der Waals surface area contributed by atoms with Crippen molar-refractivity contribution in [2.75, 3.05) is 7.11 Å². The van der Waals surface area contributed by atoms with Crippen LogP contribution in [0.25, 0.3) is 0 Å². The van der Waals surface area contributed by atoms with Crippen LogP contribution in [0.5, 0.6) is 0 Å². The molecule has 0 aromatic heterocycles. The minimum atomic E-state index is 0.455. The zero-order valence-electron chi connectivity index (χ0n) is 5.05. The molecule has 3 nitrogen and oxygen atoms in total. The highest BCUT2D eigenvalue weighted by molar-refractivity contribution is 4.83. The maximum absolute atomic E-state index is 5.15. The maximum Gasteiger partial charge on any atom is 0.0602 e. The quantitative estimate of drug-likeness (QED) is 0.382. The van der Waals surface area contributed by atoms with Gasteiger partial charge in [0.15, 0.2) is 0 Å². The molecule has 3 N–H and O–H groups in total. The Labute approximate surface area is 49.2 Å². The normalized spacial score (nSPS) is 36.8. The average Bonchev–Trinajstić information content (AvgIpc) is 1.65. The second-order valence-electron chi connectivity index (χ2n) is 2.19. The van der Waals surface area contributed by atoms with Gasteiger partial charge < -0.3 is 4.74 Å². The van der Waals surface area contributed by atoms with E-state index in [1.54, 1.807) is 7.11 Å². The fourth-order valence-corrected chi connectivity index (χ4v) is 0.894. The van der Waals surface area contributed by atoms with Gasteiger partial charge in [0, 0.05) is 13.2 Å². The molecule has 0 aromatic rings. The largest absolute Gasteiger partial charge is 0.381 e. The second kappa shape index (κ2) is 2.44. The van der Waals surface area contributed by atoms with E-state index in [2.05, 4.69) is 5.43 Å². The Bertz CT molecular complexity index is 62.8. The van der Waals surface area contributed by atoms with E-state index >= 15 is 0 Å². The van der Waals surface area contributed by atoms with Gasteiger partial charge >= 0.3 is 0 Å². The van der Waals surface area contributed by atoms with E-state index in [1.807, 2.05) is 0 Å². The molecule has 1 aliphatic carbocycles. The Hall–Kier alpha value is -0.120. The van der Waals surface area contributed by atoms with E-state index in [1.165, 1.54) is 0 Å². The van der Waals surface area contributed by atoms with Crippen molar-refractivity contribution in [2.24, 2.45) is 5.84 Å². The van der Waals surface area contributed by atoms with Crippen LogP contribution in [0.3, 0.4) is 0 Å². The molecule has 0 saturated heterocycles. The fourth-order valence-electron chi connectivity index (χ4n) is 0.894. The predicted octanol–water partition coefficient (Wildman–Crippen LogP) is -0.373. The van der Waals surface area contributed by atoms with Crippen molar-refractivity contribution in [3.63, 3.8) is 0 Å². The first-order chi connectivity index (χ1) is 3.86. The number of nitrogens with two attached hydrogens (primary N) is 1. The number of hydrogen-bond acceptors (Lipinski definition) is 3. The molecule has 0 atom stereocenters. The van der Waals surface area contributed by atoms with Gasteiger partial charge in [-0.3, -0.25) is 11.3 Å². The highest BCUT2D eigenvalue weighted by Crippen LogP contribution is 2.21. The van der Waals surface area contributed by atoms with Crippen molar-refractivity contribution in [2.45, 2.75) is 25.0 Å². The number of hydrogen-bond donors (Lipinski definition) is 2. The molecule has 0 spiro atoms. The van der Waals surface area contributed by atoms with Crippen LogP contribution in [-0.4, -0.2) is 19.3 Å². The highest BCUT2D eigenvalue weighted by Gasteiger charge is 2.27. The summed E-state index contributed by atoms with van der Waals surface area (Å²) < 4.78 is 5.02. The van der Waals surface area contributed by atoms with Crippen molar-refractivity contribution < 1.29 is 4.74 Å². The fraction of sp³-hybridized carbons (Fsp3) is 1.00. The van der Waals surface area contributed by atoms with Gasteiger partial charge in [-0.05, 0) is 12.8 Å².